The molecule has 4 heteroatoms. The van der Waals surface area contributed by atoms with Crippen LogP contribution in [0, 0.1) is 6.92 Å². The largest absolute Gasteiger partial charge is 0.389 e. The van der Waals surface area contributed by atoms with Crippen molar-refractivity contribution >= 4 is 11.3 Å². The highest BCUT2D eigenvalue weighted by Gasteiger charge is 2.10. The molecule has 1 unspecified atom stereocenters. The van der Waals surface area contributed by atoms with Gasteiger partial charge in [0.1, 0.15) is 0 Å². The van der Waals surface area contributed by atoms with Crippen LogP contribution in [-0.2, 0) is 17.9 Å². The van der Waals surface area contributed by atoms with Crippen molar-refractivity contribution in [3.05, 3.63) is 57.8 Å². The van der Waals surface area contributed by atoms with Gasteiger partial charge in [0.25, 0.3) is 0 Å². The molecular weight excluding hydrogens is 282 g/mol. The number of benzene rings is 1. The lowest BCUT2D eigenvalue weighted by Crippen LogP contribution is -2.31. The zero-order valence-electron chi connectivity index (χ0n) is 12.7. The summed E-state index contributed by atoms with van der Waals surface area (Å²) in [5, 5.41) is 12.1. The van der Waals surface area contributed by atoms with Crippen molar-refractivity contribution in [3.8, 4) is 0 Å². The highest BCUT2D eigenvalue weighted by Crippen LogP contribution is 2.17. The van der Waals surface area contributed by atoms with Gasteiger partial charge in [-0.25, -0.2) is 0 Å². The Kier molecular flexibility index (Phi) is 6.39. The molecule has 2 aromatic rings. The zero-order valence-corrected chi connectivity index (χ0v) is 13.5. The molecule has 1 heterocycles. The molecule has 0 radical (unpaired) electrons. The average Bonchev–Trinajstić information content (AvgIpc) is 2.85. The fourth-order valence-corrected chi connectivity index (χ4v) is 3.16. The Labute approximate surface area is 130 Å². The lowest BCUT2D eigenvalue weighted by atomic mass is 10.2. The summed E-state index contributed by atoms with van der Waals surface area (Å²) in [5.41, 5.74) is 2.45. The monoisotopic (exact) mass is 305 g/mol. The Morgan fingerprint density at radius 3 is 2.67 bits per heavy atom. The SMILES string of the molecule is Cc1ccsc1CN(C)CC(O)COCc1ccccc1. The molecule has 2 rings (SSSR count). The number of hydrogen-bond acceptors (Lipinski definition) is 4. The number of thiophene rings is 1. The lowest BCUT2D eigenvalue weighted by Gasteiger charge is -2.20. The summed E-state index contributed by atoms with van der Waals surface area (Å²) in [4.78, 5) is 3.49. The number of hydrogen-bond donors (Lipinski definition) is 1. The Balaban J connectivity index is 1.67. The molecule has 0 saturated heterocycles. The summed E-state index contributed by atoms with van der Waals surface area (Å²) in [6.07, 6.45) is -0.459. The summed E-state index contributed by atoms with van der Waals surface area (Å²) >= 11 is 1.77. The van der Waals surface area contributed by atoms with Crippen LogP contribution >= 0.6 is 11.3 Å². The van der Waals surface area contributed by atoms with Crippen molar-refractivity contribution in [1.29, 1.82) is 0 Å². The van der Waals surface area contributed by atoms with Crippen molar-refractivity contribution in [1.82, 2.24) is 4.90 Å². The van der Waals surface area contributed by atoms with Crippen LogP contribution in [0.1, 0.15) is 16.0 Å². The zero-order chi connectivity index (χ0) is 15.1. The van der Waals surface area contributed by atoms with Crippen molar-refractivity contribution < 1.29 is 9.84 Å². The van der Waals surface area contributed by atoms with Crippen molar-refractivity contribution in [2.24, 2.45) is 0 Å². The molecule has 0 fully saturated rings. The summed E-state index contributed by atoms with van der Waals surface area (Å²) in [7, 11) is 2.03. The molecular formula is C17H23NO2S. The maximum Gasteiger partial charge on any atom is 0.0900 e. The molecule has 0 aliphatic rings. The van der Waals surface area contributed by atoms with Gasteiger partial charge in [-0.1, -0.05) is 30.3 Å². The molecule has 1 N–H and O–H groups in total. The standard InChI is InChI=1S/C17H23NO2S/c1-14-8-9-21-17(14)11-18(2)10-16(19)13-20-12-15-6-4-3-5-7-15/h3-9,16,19H,10-13H2,1-2H3. The third-order valence-corrected chi connectivity index (χ3v) is 4.33. The Morgan fingerprint density at radius 2 is 2.00 bits per heavy atom. The van der Waals surface area contributed by atoms with Crippen molar-refractivity contribution in [3.63, 3.8) is 0 Å². The molecule has 0 amide bonds. The Hall–Kier alpha value is -1.20. The predicted molar refractivity (Wildman–Crippen MR) is 87.5 cm³/mol. The van der Waals surface area contributed by atoms with Crippen LogP contribution in [-0.4, -0.2) is 36.3 Å². The third-order valence-electron chi connectivity index (χ3n) is 3.33. The van der Waals surface area contributed by atoms with Crippen LogP contribution in [0.25, 0.3) is 0 Å². The molecule has 3 nitrogen and oxygen atoms in total. The fraction of sp³-hybridized carbons (Fsp3) is 0.412. The van der Waals surface area contributed by atoms with Gasteiger partial charge in [0.2, 0.25) is 0 Å². The second kappa shape index (κ2) is 8.29. The van der Waals surface area contributed by atoms with E-state index in [9.17, 15) is 5.11 Å². The second-order valence-corrected chi connectivity index (χ2v) is 6.38. The Bertz CT molecular complexity index is 527. The first kappa shape index (κ1) is 16.2. The summed E-state index contributed by atoms with van der Waals surface area (Å²) in [6, 6.07) is 12.2. The molecule has 1 aromatic heterocycles. The molecule has 0 aliphatic carbocycles. The number of aryl methyl sites for hydroxylation is 1. The first-order valence-electron chi connectivity index (χ1n) is 7.16. The molecule has 1 aromatic carbocycles. The predicted octanol–water partition coefficient (Wildman–Crippen LogP) is 3.07. The number of aliphatic hydroxyl groups is 1. The van der Waals surface area contributed by atoms with Gasteiger partial charge in [-0.3, -0.25) is 4.90 Å². The smallest absolute Gasteiger partial charge is 0.0900 e. The van der Waals surface area contributed by atoms with E-state index >= 15 is 0 Å². The minimum Gasteiger partial charge on any atom is -0.389 e. The van der Waals surface area contributed by atoms with Gasteiger partial charge in [0.05, 0.1) is 19.3 Å². The van der Waals surface area contributed by atoms with Gasteiger partial charge in [0.15, 0.2) is 0 Å². The van der Waals surface area contributed by atoms with Crippen LogP contribution in [0.4, 0.5) is 0 Å². The van der Waals surface area contributed by atoms with Gasteiger partial charge in [-0.2, -0.15) is 0 Å². The van der Waals surface area contributed by atoms with Crippen molar-refractivity contribution in [2.75, 3.05) is 20.2 Å². The Morgan fingerprint density at radius 1 is 1.24 bits per heavy atom. The number of ether oxygens (including phenoxy) is 1. The van der Waals surface area contributed by atoms with Crippen LogP contribution in [0.5, 0.6) is 0 Å². The van der Waals surface area contributed by atoms with E-state index < -0.39 is 6.10 Å². The van der Waals surface area contributed by atoms with Gasteiger partial charge < -0.3 is 9.84 Å². The fourth-order valence-electron chi connectivity index (χ4n) is 2.18. The molecule has 0 aliphatic heterocycles. The minimum absolute atomic E-state index is 0.364. The number of rotatable bonds is 8. The maximum atomic E-state index is 10.0. The third kappa shape index (κ3) is 5.59. The quantitative estimate of drug-likeness (QED) is 0.813. The summed E-state index contributed by atoms with van der Waals surface area (Å²) in [6.45, 7) is 4.53. The van der Waals surface area contributed by atoms with E-state index in [1.807, 2.05) is 37.4 Å². The van der Waals surface area contributed by atoms with Crippen LogP contribution in [0.2, 0.25) is 0 Å². The maximum absolute atomic E-state index is 10.0. The molecule has 1 atom stereocenters. The normalized spacial score (nSPS) is 12.8. The second-order valence-electron chi connectivity index (χ2n) is 5.38. The highest BCUT2D eigenvalue weighted by molar-refractivity contribution is 7.10. The van der Waals surface area contributed by atoms with Gasteiger partial charge in [0, 0.05) is 18.0 Å². The van der Waals surface area contributed by atoms with Crippen molar-refractivity contribution in [2.45, 2.75) is 26.2 Å². The van der Waals surface area contributed by atoms with Crippen LogP contribution < -0.4 is 0 Å². The molecule has 0 bridgehead atoms. The topological polar surface area (TPSA) is 32.7 Å². The van der Waals surface area contributed by atoms with E-state index in [1.165, 1.54) is 10.4 Å². The minimum atomic E-state index is -0.459. The lowest BCUT2D eigenvalue weighted by molar-refractivity contribution is 0.0128. The van der Waals surface area contributed by atoms with Gasteiger partial charge in [-0.05, 0) is 36.5 Å². The average molecular weight is 305 g/mol. The van der Waals surface area contributed by atoms with Crippen LogP contribution in [0.15, 0.2) is 41.8 Å². The van der Waals surface area contributed by atoms with E-state index in [1.54, 1.807) is 11.3 Å². The van der Waals surface area contributed by atoms with Gasteiger partial charge >= 0.3 is 0 Å². The molecule has 114 valence electrons. The van der Waals surface area contributed by atoms with E-state index in [0.29, 0.717) is 19.8 Å². The van der Waals surface area contributed by atoms with E-state index in [4.69, 9.17) is 4.74 Å². The molecule has 0 spiro atoms. The highest BCUT2D eigenvalue weighted by atomic mass is 32.1. The number of likely N-dealkylation sites (N-methyl/N-ethyl adjacent to an activating group) is 1. The summed E-state index contributed by atoms with van der Waals surface area (Å²) in [5.74, 6) is 0. The summed E-state index contributed by atoms with van der Waals surface area (Å²) < 4.78 is 5.57. The first-order valence-corrected chi connectivity index (χ1v) is 8.04. The molecule has 21 heavy (non-hydrogen) atoms. The van der Waals surface area contributed by atoms with E-state index in [2.05, 4.69) is 23.3 Å². The van der Waals surface area contributed by atoms with Crippen LogP contribution in [0.3, 0.4) is 0 Å². The van der Waals surface area contributed by atoms with E-state index in [0.717, 1.165) is 12.1 Å². The molecule has 0 saturated carbocycles. The van der Waals surface area contributed by atoms with E-state index in [-0.39, 0.29) is 0 Å². The number of nitrogens with zero attached hydrogens (tertiary/aromatic N) is 1. The first-order chi connectivity index (χ1) is 10.1. The number of aliphatic hydroxyl groups excluding tert-OH is 1. The van der Waals surface area contributed by atoms with Gasteiger partial charge in [-0.15, -0.1) is 11.3 Å².